The Morgan fingerprint density at radius 2 is 2.32 bits per heavy atom. The molecule has 0 atom stereocenters. The van der Waals surface area contributed by atoms with E-state index >= 15 is 0 Å². The zero-order valence-electron chi connectivity index (χ0n) is 9.71. The van der Waals surface area contributed by atoms with Crippen LogP contribution >= 0.6 is 27.3 Å². The standard InChI is InChI=1S/C12H9BrN4OS/c13-9-4-8(11(19-9)12(14)18)3-7-1-2-10-15-6-16-17(10)5-7/h1-2,4-6H,3H2,(H2,14,18). The molecule has 0 saturated carbocycles. The molecule has 1 amide bonds. The van der Waals surface area contributed by atoms with Crippen LogP contribution in [0.4, 0.5) is 0 Å². The Morgan fingerprint density at radius 3 is 3.11 bits per heavy atom. The predicted molar refractivity (Wildman–Crippen MR) is 76.3 cm³/mol. The molecule has 0 saturated heterocycles. The molecule has 0 unspecified atom stereocenters. The molecular formula is C12H9BrN4OS. The Bertz CT molecular complexity index is 764. The van der Waals surface area contributed by atoms with Gasteiger partial charge in [0.15, 0.2) is 5.65 Å². The van der Waals surface area contributed by atoms with E-state index in [0.29, 0.717) is 11.3 Å². The molecule has 3 aromatic rings. The average molecular weight is 337 g/mol. The largest absolute Gasteiger partial charge is 0.365 e. The number of carbonyl (C=O) groups excluding carboxylic acids is 1. The molecule has 0 radical (unpaired) electrons. The van der Waals surface area contributed by atoms with Gasteiger partial charge in [0.1, 0.15) is 6.33 Å². The molecular weight excluding hydrogens is 328 g/mol. The van der Waals surface area contributed by atoms with Crippen molar-refractivity contribution in [2.24, 2.45) is 5.73 Å². The second kappa shape index (κ2) is 4.75. The lowest BCUT2D eigenvalue weighted by Gasteiger charge is -2.02. The first-order chi connectivity index (χ1) is 9.13. The third-order valence-electron chi connectivity index (χ3n) is 2.73. The minimum absolute atomic E-state index is 0.396. The van der Waals surface area contributed by atoms with Gasteiger partial charge >= 0.3 is 0 Å². The van der Waals surface area contributed by atoms with Crippen molar-refractivity contribution in [3.8, 4) is 0 Å². The second-order valence-electron chi connectivity index (χ2n) is 4.05. The van der Waals surface area contributed by atoms with Gasteiger partial charge in [0, 0.05) is 12.6 Å². The van der Waals surface area contributed by atoms with Crippen LogP contribution in [0.25, 0.3) is 5.65 Å². The zero-order chi connectivity index (χ0) is 13.4. The van der Waals surface area contributed by atoms with Crippen molar-refractivity contribution in [2.45, 2.75) is 6.42 Å². The number of fused-ring (bicyclic) bond motifs is 1. The SMILES string of the molecule is NC(=O)c1sc(Br)cc1Cc1ccc2ncnn2c1. The van der Waals surface area contributed by atoms with Crippen molar-refractivity contribution >= 4 is 38.8 Å². The second-order valence-corrected chi connectivity index (χ2v) is 6.48. The number of rotatable bonds is 3. The summed E-state index contributed by atoms with van der Waals surface area (Å²) in [6.45, 7) is 0. The summed E-state index contributed by atoms with van der Waals surface area (Å²) in [6, 6.07) is 5.80. The van der Waals surface area contributed by atoms with Crippen LogP contribution in [-0.2, 0) is 6.42 Å². The first kappa shape index (κ1) is 12.3. The first-order valence-corrected chi connectivity index (χ1v) is 7.11. The van der Waals surface area contributed by atoms with E-state index in [1.54, 1.807) is 4.52 Å². The number of nitrogens with two attached hydrogens (primary N) is 1. The fourth-order valence-corrected chi connectivity index (χ4v) is 3.44. The number of nitrogens with zero attached hydrogens (tertiary/aromatic N) is 3. The summed E-state index contributed by atoms with van der Waals surface area (Å²) < 4.78 is 2.61. The van der Waals surface area contributed by atoms with Crippen LogP contribution in [0.2, 0.25) is 0 Å². The topological polar surface area (TPSA) is 73.3 Å². The molecule has 96 valence electrons. The normalized spacial score (nSPS) is 11.0. The maximum Gasteiger partial charge on any atom is 0.259 e. The van der Waals surface area contributed by atoms with Crippen LogP contribution in [-0.4, -0.2) is 20.5 Å². The van der Waals surface area contributed by atoms with Crippen LogP contribution < -0.4 is 5.73 Å². The molecule has 0 fully saturated rings. The fourth-order valence-electron chi connectivity index (χ4n) is 1.92. The average Bonchev–Trinajstić information content (AvgIpc) is 2.95. The van der Waals surface area contributed by atoms with Gasteiger partial charge in [-0.15, -0.1) is 11.3 Å². The van der Waals surface area contributed by atoms with E-state index in [-0.39, 0.29) is 0 Å². The molecule has 0 spiro atoms. The minimum atomic E-state index is -0.396. The number of thiophene rings is 1. The number of pyridine rings is 1. The Morgan fingerprint density at radius 1 is 1.47 bits per heavy atom. The molecule has 0 aliphatic carbocycles. The van der Waals surface area contributed by atoms with E-state index in [0.717, 1.165) is 20.6 Å². The lowest BCUT2D eigenvalue weighted by molar-refractivity contribution is 0.100. The first-order valence-electron chi connectivity index (χ1n) is 5.50. The molecule has 2 N–H and O–H groups in total. The van der Waals surface area contributed by atoms with E-state index in [1.165, 1.54) is 17.7 Å². The van der Waals surface area contributed by atoms with Crippen molar-refractivity contribution < 1.29 is 4.79 Å². The van der Waals surface area contributed by atoms with Gasteiger partial charge in [0.25, 0.3) is 5.91 Å². The summed E-state index contributed by atoms with van der Waals surface area (Å²) in [5.74, 6) is -0.396. The molecule has 5 nitrogen and oxygen atoms in total. The van der Waals surface area contributed by atoms with Crippen LogP contribution in [0, 0.1) is 0 Å². The molecule has 19 heavy (non-hydrogen) atoms. The van der Waals surface area contributed by atoms with E-state index in [2.05, 4.69) is 26.0 Å². The van der Waals surface area contributed by atoms with Gasteiger partial charge in [0.05, 0.1) is 8.66 Å². The third-order valence-corrected chi connectivity index (χ3v) is 4.43. The van der Waals surface area contributed by atoms with Gasteiger partial charge in [-0.3, -0.25) is 4.79 Å². The zero-order valence-corrected chi connectivity index (χ0v) is 12.1. The number of carbonyl (C=O) groups is 1. The maximum atomic E-state index is 11.4. The van der Waals surface area contributed by atoms with Crippen molar-refractivity contribution in [3.63, 3.8) is 0 Å². The summed E-state index contributed by atoms with van der Waals surface area (Å²) >= 11 is 4.74. The molecule has 0 aromatic carbocycles. The summed E-state index contributed by atoms with van der Waals surface area (Å²) in [6.07, 6.45) is 4.05. The van der Waals surface area contributed by atoms with E-state index in [9.17, 15) is 4.79 Å². The number of aromatic nitrogens is 3. The van der Waals surface area contributed by atoms with Crippen molar-refractivity contribution in [2.75, 3.05) is 0 Å². The highest BCUT2D eigenvalue weighted by atomic mass is 79.9. The van der Waals surface area contributed by atoms with Gasteiger partial charge in [-0.05, 0) is 39.2 Å². The Labute approximate surface area is 121 Å². The summed E-state index contributed by atoms with van der Waals surface area (Å²) in [7, 11) is 0. The third kappa shape index (κ3) is 2.39. The number of hydrogen-bond acceptors (Lipinski definition) is 4. The monoisotopic (exact) mass is 336 g/mol. The van der Waals surface area contributed by atoms with Crippen LogP contribution in [0.1, 0.15) is 20.8 Å². The predicted octanol–water partition coefficient (Wildman–Crippen LogP) is 2.24. The van der Waals surface area contributed by atoms with Gasteiger partial charge in [-0.1, -0.05) is 6.07 Å². The smallest absolute Gasteiger partial charge is 0.259 e. The van der Waals surface area contributed by atoms with Gasteiger partial charge in [-0.25, -0.2) is 9.50 Å². The molecule has 7 heteroatoms. The molecule has 3 aromatic heterocycles. The van der Waals surface area contributed by atoms with Crippen molar-refractivity contribution in [1.29, 1.82) is 0 Å². The Kier molecular flexibility index (Phi) is 3.08. The number of amides is 1. The number of hydrogen-bond donors (Lipinski definition) is 1. The summed E-state index contributed by atoms with van der Waals surface area (Å²) in [5, 5.41) is 4.09. The van der Waals surface area contributed by atoms with Crippen molar-refractivity contribution in [3.05, 3.63) is 50.5 Å². The van der Waals surface area contributed by atoms with E-state index < -0.39 is 5.91 Å². The molecule has 0 bridgehead atoms. The number of halogens is 1. The quantitative estimate of drug-likeness (QED) is 0.797. The fraction of sp³-hybridized carbons (Fsp3) is 0.0833. The molecule has 0 aliphatic heterocycles. The maximum absolute atomic E-state index is 11.4. The van der Waals surface area contributed by atoms with Gasteiger partial charge in [0.2, 0.25) is 0 Å². The highest BCUT2D eigenvalue weighted by Crippen LogP contribution is 2.28. The highest BCUT2D eigenvalue weighted by molar-refractivity contribution is 9.11. The van der Waals surface area contributed by atoms with Crippen LogP contribution in [0.5, 0.6) is 0 Å². The Hall–Kier alpha value is -1.73. The summed E-state index contributed by atoms with van der Waals surface area (Å²) in [4.78, 5) is 16.1. The molecule has 3 heterocycles. The Balaban J connectivity index is 1.98. The summed E-state index contributed by atoms with van der Waals surface area (Å²) in [5.41, 5.74) is 8.14. The highest BCUT2D eigenvalue weighted by Gasteiger charge is 2.13. The minimum Gasteiger partial charge on any atom is -0.365 e. The van der Waals surface area contributed by atoms with E-state index in [4.69, 9.17) is 5.73 Å². The van der Waals surface area contributed by atoms with Gasteiger partial charge in [-0.2, -0.15) is 5.10 Å². The van der Waals surface area contributed by atoms with Gasteiger partial charge < -0.3 is 5.73 Å². The van der Waals surface area contributed by atoms with Crippen LogP contribution in [0.15, 0.2) is 34.5 Å². The molecule has 0 aliphatic rings. The lowest BCUT2D eigenvalue weighted by atomic mass is 10.1. The van der Waals surface area contributed by atoms with E-state index in [1.807, 2.05) is 24.4 Å². The van der Waals surface area contributed by atoms with Crippen LogP contribution in [0.3, 0.4) is 0 Å². The lowest BCUT2D eigenvalue weighted by Crippen LogP contribution is -2.11. The van der Waals surface area contributed by atoms with Crippen molar-refractivity contribution in [1.82, 2.24) is 14.6 Å². The molecule has 3 rings (SSSR count). The number of primary amides is 1.